The van der Waals surface area contributed by atoms with Gasteiger partial charge < -0.3 is 0 Å². The van der Waals surface area contributed by atoms with E-state index in [0.29, 0.717) is 16.6 Å². The van der Waals surface area contributed by atoms with Crippen LogP contribution in [0.5, 0.6) is 0 Å². The molecule has 2 rings (SSSR count). The molecule has 0 aliphatic rings. The molecule has 0 unspecified atom stereocenters. The number of hydrogen-bond acceptors (Lipinski definition) is 1. The predicted molar refractivity (Wildman–Crippen MR) is 62.3 cm³/mol. The van der Waals surface area contributed by atoms with Gasteiger partial charge in [0.1, 0.15) is 0 Å². The Bertz CT molecular complexity index is 456. The maximum absolute atomic E-state index is 13.6. The Labute approximate surface area is 96.1 Å². The molecule has 2 aromatic rings. The third kappa shape index (κ3) is 2.23. The molecule has 0 amide bonds. The van der Waals surface area contributed by atoms with Crippen molar-refractivity contribution in [3.8, 4) is 11.1 Å². The number of nitrogens with zero attached hydrogens (tertiary/aromatic N) is 1. The lowest BCUT2D eigenvalue weighted by atomic mass is 10.1. The van der Waals surface area contributed by atoms with Crippen LogP contribution in [0.25, 0.3) is 11.1 Å². The second-order valence-corrected chi connectivity index (χ2v) is 3.70. The van der Waals surface area contributed by atoms with Crippen LogP contribution in [0.1, 0.15) is 5.69 Å². The van der Waals surface area contributed by atoms with Crippen molar-refractivity contribution >= 4 is 15.9 Å². The first-order chi connectivity index (χ1) is 7.31. The lowest BCUT2D eigenvalue weighted by Crippen LogP contribution is -1.92. The topological polar surface area (TPSA) is 12.9 Å². The van der Waals surface area contributed by atoms with Crippen LogP contribution in [0.15, 0.2) is 42.5 Å². The molecule has 0 saturated carbocycles. The van der Waals surface area contributed by atoms with E-state index < -0.39 is 5.95 Å². The Morgan fingerprint density at radius 3 is 2.40 bits per heavy atom. The number of benzene rings is 1. The fourth-order valence-corrected chi connectivity index (χ4v) is 1.69. The van der Waals surface area contributed by atoms with Crippen LogP contribution >= 0.6 is 15.9 Å². The zero-order chi connectivity index (χ0) is 10.7. The Hall–Kier alpha value is -1.22. The number of aromatic nitrogens is 1. The van der Waals surface area contributed by atoms with Crippen molar-refractivity contribution in [3.05, 3.63) is 54.1 Å². The molecule has 0 radical (unpaired) electrons. The SMILES string of the molecule is Fc1nc(CBr)ccc1-c1ccccc1. The molecule has 0 bridgehead atoms. The molecule has 0 fully saturated rings. The lowest BCUT2D eigenvalue weighted by molar-refractivity contribution is 0.583. The molecule has 0 N–H and O–H groups in total. The van der Waals surface area contributed by atoms with Gasteiger partial charge in [-0.25, -0.2) is 4.98 Å². The smallest absolute Gasteiger partial charge is 0.220 e. The van der Waals surface area contributed by atoms with Gasteiger partial charge in [-0.15, -0.1) is 0 Å². The average Bonchev–Trinajstić information content (AvgIpc) is 2.30. The molecule has 0 saturated heterocycles. The number of alkyl halides is 1. The van der Waals surface area contributed by atoms with E-state index in [1.165, 1.54) is 0 Å². The number of rotatable bonds is 2. The molecule has 76 valence electrons. The highest BCUT2D eigenvalue weighted by atomic mass is 79.9. The van der Waals surface area contributed by atoms with Crippen molar-refractivity contribution in [1.82, 2.24) is 4.98 Å². The molecule has 0 atom stereocenters. The first-order valence-corrected chi connectivity index (χ1v) is 5.70. The van der Waals surface area contributed by atoms with Gasteiger partial charge in [-0.05, 0) is 17.7 Å². The van der Waals surface area contributed by atoms with Crippen molar-refractivity contribution in [1.29, 1.82) is 0 Å². The maximum Gasteiger partial charge on any atom is 0.220 e. The summed E-state index contributed by atoms with van der Waals surface area (Å²) in [6.07, 6.45) is 0. The Balaban J connectivity index is 2.46. The van der Waals surface area contributed by atoms with Crippen LogP contribution in [-0.2, 0) is 5.33 Å². The van der Waals surface area contributed by atoms with E-state index in [1.807, 2.05) is 36.4 Å². The predicted octanol–water partition coefficient (Wildman–Crippen LogP) is 3.78. The van der Waals surface area contributed by atoms with Crippen LogP contribution in [-0.4, -0.2) is 4.98 Å². The molecule has 1 aromatic heterocycles. The summed E-state index contributed by atoms with van der Waals surface area (Å²) in [4.78, 5) is 3.85. The standard InChI is InChI=1S/C12H9BrFN/c13-8-10-6-7-11(12(14)15-10)9-4-2-1-3-5-9/h1-7H,8H2. The van der Waals surface area contributed by atoms with E-state index in [0.717, 1.165) is 5.56 Å². The van der Waals surface area contributed by atoms with E-state index in [9.17, 15) is 4.39 Å². The fourth-order valence-electron chi connectivity index (χ4n) is 1.38. The Morgan fingerprint density at radius 2 is 1.80 bits per heavy atom. The van der Waals surface area contributed by atoms with Gasteiger partial charge >= 0.3 is 0 Å². The summed E-state index contributed by atoms with van der Waals surface area (Å²) in [5.41, 5.74) is 2.09. The summed E-state index contributed by atoms with van der Waals surface area (Å²) in [7, 11) is 0. The van der Waals surface area contributed by atoms with Crippen LogP contribution in [0.4, 0.5) is 4.39 Å². The summed E-state index contributed by atoms with van der Waals surface area (Å²) in [5, 5.41) is 0.568. The fraction of sp³-hybridized carbons (Fsp3) is 0.0833. The van der Waals surface area contributed by atoms with Gasteiger partial charge in [-0.3, -0.25) is 0 Å². The van der Waals surface area contributed by atoms with Crippen molar-refractivity contribution < 1.29 is 4.39 Å². The normalized spacial score (nSPS) is 10.3. The van der Waals surface area contributed by atoms with Gasteiger partial charge in [0.2, 0.25) is 5.95 Å². The monoisotopic (exact) mass is 265 g/mol. The van der Waals surface area contributed by atoms with E-state index in [2.05, 4.69) is 20.9 Å². The highest BCUT2D eigenvalue weighted by Crippen LogP contribution is 2.21. The summed E-state index contributed by atoms with van der Waals surface area (Å²) in [6.45, 7) is 0. The number of pyridine rings is 1. The van der Waals surface area contributed by atoms with E-state index in [-0.39, 0.29) is 0 Å². The van der Waals surface area contributed by atoms with Crippen LogP contribution in [0.2, 0.25) is 0 Å². The minimum absolute atomic E-state index is 0.418. The molecule has 0 aliphatic heterocycles. The first-order valence-electron chi connectivity index (χ1n) is 4.58. The minimum Gasteiger partial charge on any atom is -0.223 e. The van der Waals surface area contributed by atoms with Gasteiger partial charge in [0.05, 0.1) is 5.69 Å². The molecule has 1 nitrogen and oxygen atoms in total. The van der Waals surface area contributed by atoms with Crippen molar-refractivity contribution in [3.63, 3.8) is 0 Å². The second kappa shape index (κ2) is 4.53. The number of hydrogen-bond donors (Lipinski definition) is 0. The van der Waals surface area contributed by atoms with Crippen LogP contribution < -0.4 is 0 Å². The van der Waals surface area contributed by atoms with Crippen molar-refractivity contribution in [2.75, 3.05) is 0 Å². The Morgan fingerprint density at radius 1 is 1.07 bits per heavy atom. The molecule has 1 heterocycles. The van der Waals surface area contributed by atoms with Crippen molar-refractivity contribution in [2.45, 2.75) is 5.33 Å². The molecular weight excluding hydrogens is 257 g/mol. The van der Waals surface area contributed by atoms with Crippen molar-refractivity contribution in [2.24, 2.45) is 0 Å². The summed E-state index contributed by atoms with van der Waals surface area (Å²) >= 11 is 3.24. The number of halogens is 2. The summed E-state index contributed by atoms with van der Waals surface area (Å²) in [5.74, 6) is -0.418. The molecule has 1 aromatic carbocycles. The largest absolute Gasteiger partial charge is 0.223 e. The van der Waals surface area contributed by atoms with Gasteiger partial charge in [0.15, 0.2) is 0 Å². The highest BCUT2D eigenvalue weighted by molar-refractivity contribution is 9.08. The average molecular weight is 266 g/mol. The lowest BCUT2D eigenvalue weighted by Gasteiger charge is -2.03. The van der Waals surface area contributed by atoms with E-state index in [1.54, 1.807) is 6.07 Å². The molecule has 0 spiro atoms. The zero-order valence-corrected chi connectivity index (χ0v) is 9.54. The van der Waals surface area contributed by atoms with E-state index in [4.69, 9.17) is 0 Å². The second-order valence-electron chi connectivity index (χ2n) is 3.14. The van der Waals surface area contributed by atoms with Crippen LogP contribution in [0, 0.1) is 5.95 Å². The first kappa shape index (κ1) is 10.3. The van der Waals surface area contributed by atoms with Gasteiger partial charge in [0, 0.05) is 10.9 Å². The third-order valence-electron chi connectivity index (χ3n) is 2.13. The zero-order valence-electron chi connectivity index (χ0n) is 7.95. The summed E-state index contributed by atoms with van der Waals surface area (Å²) < 4.78 is 13.6. The maximum atomic E-state index is 13.6. The highest BCUT2D eigenvalue weighted by Gasteiger charge is 2.06. The minimum atomic E-state index is -0.418. The molecular formula is C12H9BrFN. The quantitative estimate of drug-likeness (QED) is 0.595. The molecule has 15 heavy (non-hydrogen) atoms. The van der Waals surface area contributed by atoms with Crippen LogP contribution in [0.3, 0.4) is 0 Å². The van der Waals surface area contributed by atoms with Gasteiger partial charge in [-0.1, -0.05) is 46.3 Å². The van der Waals surface area contributed by atoms with Gasteiger partial charge in [-0.2, -0.15) is 4.39 Å². The third-order valence-corrected chi connectivity index (χ3v) is 2.70. The van der Waals surface area contributed by atoms with E-state index >= 15 is 0 Å². The molecule has 0 aliphatic carbocycles. The summed E-state index contributed by atoms with van der Waals surface area (Å²) in [6, 6.07) is 13.0. The molecule has 3 heteroatoms. The van der Waals surface area contributed by atoms with Gasteiger partial charge in [0.25, 0.3) is 0 Å². The Kier molecular flexibility index (Phi) is 3.11.